The first-order chi connectivity index (χ1) is 8.24. The molecule has 0 fully saturated rings. The van der Waals surface area contributed by atoms with Gasteiger partial charge in [-0.3, -0.25) is 4.98 Å². The molecule has 96 valence electrons. The standard InChI is InChI=1S/C13H22N2O2/c1-4-16-7-8-17-13-10-14-6-5-12(13)9-15-11(2)3/h5-6,10-11,15H,4,7-9H2,1-3H3. The van der Waals surface area contributed by atoms with Gasteiger partial charge in [0.05, 0.1) is 12.8 Å². The van der Waals surface area contributed by atoms with E-state index in [0.29, 0.717) is 19.3 Å². The van der Waals surface area contributed by atoms with Crippen LogP contribution in [0.25, 0.3) is 0 Å². The van der Waals surface area contributed by atoms with Crippen molar-refractivity contribution in [1.29, 1.82) is 0 Å². The van der Waals surface area contributed by atoms with Crippen molar-refractivity contribution >= 4 is 0 Å². The Bertz CT molecular complexity index is 316. The SMILES string of the molecule is CCOCCOc1cnccc1CNC(C)C. The van der Waals surface area contributed by atoms with E-state index in [0.717, 1.165) is 24.5 Å². The zero-order valence-corrected chi connectivity index (χ0v) is 10.9. The smallest absolute Gasteiger partial charge is 0.142 e. The Labute approximate surface area is 103 Å². The van der Waals surface area contributed by atoms with Crippen molar-refractivity contribution in [3.63, 3.8) is 0 Å². The third-order valence-electron chi connectivity index (χ3n) is 2.26. The molecule has 4 heteroatoms. The molecule has 0 unspecified atom stereocenters. The zero-order valence-electron chi connectivity index (χ0n) is 10.9. The van der Waals surface area contributed by atoms with Crippen LogP contribution < -0.4 is 10.1 Å². The topological polar surface area (TPSA) is 43.4 Å². The lowest BCUT2D eigenvalue weighted by Crippen LogP contribution is -2.22. The lowest BCUT2D eigenvalue weighted by molar-refractivity contribution is 0.109. The molecule has 0 aromatic carbocycles. The molecule has 0 bridgehead atoms. The Balaban J connectivity index is 2.46. The summed E-state index contributed by atoms with van der Waals surface area (Å²) in [7, 11) is 0. The number of pyridine rings is 1. The molecular formula is C13H22N2O2. The number of rotatable bonds is 8. The third-order valence-corrected chi connectivity index (χ3v) is 2.26. The van der Waals surface area contributed by atoms with E-state index in [-0.39, 0.29) is 0 Å². The maximum atomic E-state index is 5.64. The van der Waals surface area contributed by atoms with Crippen molar-refractivity contribution in [2.24, 2.45) is 0 Å². The van der Waals surface area contributed by atoms with Crippen molar-refractivity contribution in [3.05, 3.63) is 24.0 Å². The number of hydrogen-bond acceptors (Lipinski definition) is 4. The first kappa shape index (κ1) is 13.9. The van der Waals surface area contributed by atoms with Gasteiger partial charge >= 0.3 is 0 Å². The molecule has 0 aliphatic heterocycles. The van der Waals surface area contributed by atoms with Crippen LogP contribution in [0.1, 0.15) is 26.3 Å². The van der Waals surface area contributed by atoms with Crippen molar-refractivity contribution in [1.82, 2.24) is 10.3 Å². The van der Waals surface area contributed by atoms with Crippen molar-refractivity contribution in [2.45, 2.75) is 33.4 Å². The van der Waals surface area contributed by atoms with Crippen LogP contribution in [0.3, 0.4) is 0 Å². The van der Waals surface area contributed by atoms with Gasteiger partial charge in [0.25, 0.3) is 0 Å². The Morgan fingerprint density at radius 3 is 2.88 bits per heavy atom. The maximum absolute atomic E-state index is 5.64. The molecule has 0 amide bonds. The van der Waals surface area contributed by atoms with Crippen LogP contribution in [0.2, 0.25) is 0 Å². The summed E-state index contributed by atoms with van der Waals surface area (Å²) in [5.41, 5.74) is 1.13. The Kier molecular flexibility index (Phi) is 6.58. The highest BCUT2D eigenvalue weighted by Gasteiger charge is 2.04. The van der Waals surface area contributed by atoms with Crippen molar-refractivity contribution in [2.75, 3.05) is 19.8 Å². The normalized spacial score (nSPS) is 10.8. The quantitative estimate of drug-likeness (QED) is 0.703. The second-order valence-corrected chi connectivity index (χ2v) is 4.06. The second kappa shape index (κ2) is 8.03. The van der Waals surface area contributed by atoms with Gasteiger partial charge in [0, 0.05) is 31.0 Å². The van der Waals surface area contributed by atoms with Crippen LogP contribution in [-0.2, 0) is 11.3 Å². The summed E-state index contributed by atoms with van der Waals surface area (Å²) in [5, 5.41) is 3.36. The van der Waals surface area contributed by atoms with Gasteiger partial charge in [-0.25, -0.2) is 0 Å². The summed E-state index contributed by atoms with van der Waals surface area (Å²) in [6.07, 6.45) is 3.54. The molecule has 0 saturated heterocycles. The second-order valence-electron chi connectivity index (χ2n) is 4.06. The predicted molar refractivity (Wildman–Crippen MR) is 68.2 cm³/mol. The fraction of sp³-hybridized carbons (Fsp3) is 0.615. The summed E-state index contributed by atoms with van der Waals surface area (Å²) in [5.74, 6) is 0.834. The Morgan fingerprint density at radius 1 is 1.35 bits per heavy atom. The average Bonchev–Trinajstić information content (AvgIpc) is 2.33. The molecule has 1 aromatic heterocycles. The molecule has 1 aromatic rings. The summed E-state index contributed by atoms with van der Waals surface area (Å²) in [4.78, 5) is 4.08. The summed E-state index contributed by atoms with van der Waals surface area (Å²) in [6, 6.07) is 2.44. The molecule has 1 N–H and O–H groups in total. The largest absolute Gasteiger partial charge is 0.489 e. The molecule has 0 atom stereocenters. The molecule has 17 heavy (non-hydrogen) atoms. The fourth-order valence-corrected chi connectivity index (χ4v) is 1.35. The van der Waals surface area contributed by atoms with E-state index in [1.54, 1.807) is 12.4 Å². The van der Waals surface area contributed by atoms with Crippen LogP contribution in [0, 0.1) is 0 Å². The van der Waals surface area contributed by atoms with Crippen molar-refractivity contribution < 1.29 is 9.47 Å². The monoisotopic (exact) mass is 238 g/mol. The predicted octanol–water partition coefficient (Wildman–Crippen LogP) is 1.99. The van der Waals surface area contributed by atoms with E-state index >= 15 is 0 Å². The first-order valence-electron chi connectivity index (χ1n) is 6.10. The molecule has 0 radical (unpaired) electrons. The van der Waals surface area contributed by atoms with Gasteiger partial charge in [-0.05, 0) is 13.0 Å². The van der Waals surface area contributed by atoms with Crippen LogP contribution in [-0.4, -0.2) is 30.8 Å². The summed E-state index contributed by atoms with van der Waals surface area (Å²) >= 11 is 0. The molecular weight excluding hydrogens is 216 g/mol. The Morgan fingerprint density at radius 2 is 2.18 bits per heavy atom. The molecule has 4 nitrogen and oxygen atoms in total. The van der Waals surface area contributed by atoms with Crippen LogP contribution in [0.4, 0.5) is 0 Å². The molecule has 0 spiro atoms. The van der Waals surface area contributed by atoms with E-state index < -0.39 is 0 Å². The highest BCUT2D eigenvalue weighted by Crippen LogP contribution is 2.16. The molecule has 1 rings (SSSR count). The fourth-order valence-electron chi connectivity index (χ4n) is 1.35. The van der Waals surface area contributed by atoms with Gasteiger partial charge in [0.1, 0.15) is 12.4 Å². The van der Waals surface area contributed by atoms with Crippen LogP contribution >= 0.6 is 0 Å². The lowest BCUT2D eigenvalue weighted by Gasteiger charge is -2.13. The van der Waals surface area contributed by atoms with Gasteiger partial charge in [0.2, 0.25) is 0 Å². The molecule has 0 aliphatic carbocycles. The number of aromatic nitrogens is 1. The average molecular weight is 238 g/mol. The lowest BCUT2D eigenvalue weighted by atomic mass is 10.2. The van der Waals surface area contributed by atoms with Gasteiger partial charge in [-0.2, -0.15) is 0 Å². The van der Waals surface area contributed by atoms with E-state index in [2.05, 4.69) is 24.1 Å². The van der Waals surface area contributed by atoms with Gasteiger partial charge in [-0.15, -0.1) is 0 Å². The number of ether oxygens (including phenoxy) is 2. The van der Waals surface area contributed by atoms with Gasteiger partial charge < -0.3 is 14.8 Å². The van der Waals surface area contributed by atoms with Crippen LogP contribution in [0.5, 0.6) is 5.75 Å². The minimum Gasteiger partial charge on any atom is -0.489 e. The summed E-state index contributed by atoms with van der Waals surface area (Å²) < 4.78 is 10.9. The first-order valence-corrected chi connectivity index (χ1v) is 6.10. The zero-order chi connectivity index (χ0) is 12.5. The highest BCUT2D eigenvalue weighted by atomic mass is 16.5. The van der Waals surface area contributed by atoms with E-state index in [1.807, 2.05) is 13.0 Å². The summed E-state index contributed by atoms with van der Waals surface area (Å²) in [6.45, 7) is 8.91. The van der Waals surface area contributed by atoms with Gasteiger partial charge in [0.15, 0.2) is 0 Å². The van der Waals surface area contributed by atoms with E-state index in [4.69, 9.17) is 9.47 Å². The van der Waals surface area contributed by atoms with Crippen molar-refractivity contribution in [3.8, 4) is 5.75 Å². The highest BCUT2D eigenvalue weighted by molar-refractivity contribution is 5.29. The molecule has 1 heterocycles. The van der Waals surface area contributed by atoms with E-state index in [9.17, 15) is 0 Å². The number of hydrogen-bond donors (Lipinski definition) is 1. The molecule has 0 saturated carbocycles. The van der Waals surface area contributed by atoms with E-state index in [1.165, 1.54) is 0 Å². The minimum absolute atomic E-state index is 0.458. The maximum Gasteiger partial charge on any atom is 0.142 e. The Hall–Kier alpha value is -1.13. The number of nitrogens with zero attached hydrogens (tertiary/aromatic N) is 1. The van der Waals surface area contributed by atoms with Crippen LogP contribution in [0.15, 0.2) is 18.5 Å². The number of nitrogens with one attached hydrogen (secondary N) is 1. The third kappa shape index (κ3) is 5.65. The van der Waals surface area contributed by atoms with Gasteiger partial charge in [-0.1, -0.05) is 13.8 Å². The minimum atomic E-state index is 0.458. The molecule has 0 aliphatic rings.